The maximum Gasteiger partial charge on any atom is 0.306 e. The van der Waals surface area contributed by atoms with Crippen molar-refractivity contribution in [2.45, 2.75) is 245 Å². The second kappa shape index (κ2) is 46.1. The molecule has 0 saturated heterocycles. The largest absolute Gasteiger partial charge is 0.462 e. The summed E-state index contributed by atoms with van der Waals surface area (Å²) in [5.74, 6) is -0.922. The van der Waals surface area contributed by atoms with E-state index in [1.165, 1.54) is 116 Å². The van der Waals surface area contributed by atoms with Gasteiger partial charge >= 0.3 is 17.9 Å². The topological polar surface area (TPSA) is 78.9 Å². The maximum absolute atomic E-state index is 12.7. The lowest BCUT2D eigenvalue weighted by atomic mass is 10.0. The van der Waals surface area contributed by atoms with Crippen LogP contribution in [0.2, 0.25) is 0 Å². The van der Waals surface area contributed by atoms with Crippen molar-refractivity contribution >= 4 is 17.9 Å². The van der Waals surface area contributed by atoms with Gasteiger partial charge in [-0.2, -0.15) is 0 Å². The molecule has 0 aromatic carbocycles. The normalized spacial score (nSPS) is 12.4. The van der Waals surface area contributed by atoms with Gasteiger partial charge in [-0.25, -0.2) is 0 Å². The van der Waals surface area contributed by atoms with E-state index in [9.17, 15) is 14.4 Å². The lowest BCUT2D eigenvalue weighted by molar-refractivity contribution is -0.167. The predicted octanol–water partition coefficient (Wildman–Crippen LogP) is 15.5. The number of allylic oxidation sites excluding steroid dienone is 8. The summed E-state index contributed by atoms with van der Waals surface area (Å²) in [5, 5.41) is 0. The molecule has 0 aliphatic carbocycles. The Balaban J connectivity index is 4.42. The van der Waals surface area contributed by atoms with E-state index in [0.717, 1.165) is 83.5 Å². The minimum atomic E-state index is -0.783. The molecule has 0 spiro atoms. The van der Waals surface area contributed by atoms with Crippen LogP contribution in [-0.4, -0.2) is 37.2 Å². The van der Waals surface area contributed by atoms with Crippen molar-refractivity contribution in [2.75, 3.05) is 13.2 Å². The Hall–Kier alpha value is -2.63. The number of hydrogen-bond donors (Lipinski definition) is 0. The van der Waals surface area contributed by atoms with Crippen LogP contribution in [0.25, 0.3) is 0 Å². The molecule has 6 heteroatoms. The molecule has 6 nitrogen and oxygen atoms in total. The van der Waals surface area contributed by atoms with Gasteiger partial charge in [0.2, 0.25) is 0 Å². The highest BCUT2D eigenvalue weighted by Crippen LogP contribution is 2.15. The average molecular weight is 799 g/mol. The van der Waals surface area contributed by atoms with Crippen LogP contribution in [0.1, 0.15) is 239 Å². The van der Waals surface area contributed by atoms with Crippen molar-refractivity contribution in [1.82, 2.24) is 0 Å². The summed E-state index contributed by atoms with van der Waals surface area (Å²) in [5.41, 5.74) is 0. The molecule has 0 aliphatic rings. The van der Waals surface area contributed by atoms with E-state index < -0.39 is 6.10 Å². The predicted molar refractivity (Wildman–Crippen MR) is 242 cm³/mol. The van der Waals surface area contributed by atoms with Crippen molar-refractivity contribution < 1.29 is 28.6 Å². The monoisotopic (exact) mass is 799 g/mol. The highest BCUT2D eigenvalue weighted by molar-refractivity contribution is 5.71. The zero-order valence-corrected chi connectivity index (χ0v) is 37.6. The van der Waals surface area contributed by atoms with E-state index in [1.54, 1.807) is 0 Å². The molecule has 0 fully saturated rings. The van der Waals surface area contributed by atoms with Gasteiger partial charge in [0, 0.05) is 19.3 Å². The van der Waals surface area contributed by atoms with Crippen LogP contribution in [0.4, 0.5) is 0 Å². The van der Waals surface area contributed by atoms with Gasteiger partial charge in [-0.05, 0) is 57.8 Å². The summed E-state index contributed by atoms with van der Waals surface area (Å²) < 4.78 is 16.7. The van der Waals surface area contributed by atoms with Gasteiger partial charge in [-0.15, -0.1) is 0 Å². The fraction of sp³-hybridized carbons (Fsp3) is 0.784. The molecular formula is C51H90O6. The van der Waals surface area contributed by atoms with Crippen LogP contribution in [0.15, 0.2) is 48.6 Å². The first-order chi connectivity index (χ1) is 28.0. The van der Waals surface area contributed by atoms with Crippen molar-refractivity contribution in [3.8, 4) is 0 Å². The van der Waals surface area contributed by atoms with E-state index in [4.69, 9.17) is 14.2 Å². The first kappa shape index (κ1) is 54.4. The van der Waals surface area contributed by atoms with Gasteiger partial charge in [0.05, 0.1) is 0 Å². The number of carbonyl (C=O) groups is 3. The Morgan fingerprint density at radius 3 is 1.07 bits per heavy atom. The molecule has 57 heavy (non-hydrogen) atoms. The molecule has 0 bridgehead atoms. The van der Waals surface area contributed by atoms with E-state index in [2.05, 4.69) is 69.4 Å². The van der Waals surface area contributed by atoms with Crippen molar-refractivity contribution in [2.24, 2.45) is 0 Å². The molecular weight excluding hydrogens is 709 g/mol. The summed E-state index contributed by atoms with van der Waals surface area (Å²) in [6.45, 7) is 6.48. The van der Waals surface area contributed by atoms with Crippen molar-refractivity contribution in [3.05, 3.63) is 48.6 Å². The molecule has 330 valence electrons. The SMILES string of the molecule is CC/C=C\C/C=C\C/C=C\C/C=C\CCCCC(=O)OCC(COC(=O)CCCCCCCCCCCCC)OC(=O)CCCCCCCCCCCCCCC. The lowest BCUT2D eigenvalue weighted by Gasteiger charge is -2.18. The fourth-order valence-electron chi connectivity index (χ4n) is 6.73. The van der Waals surface area contributed by atoms with E-state index in [1.807, 2.05) is 0 Å². The first-order valence-electron chi connectivity index (χ1n) is 24.1. The van der Waals surface area contributed by atoms with Crippen LogP contribution in [0.5, 0.6) is 0 Å². The Kier molecular flexibility index (Phi) is 43.9. The third-order valence-electron chi connectivity index (χ3n) is 10.3. The molecule has 0 amide bonds. The highest BCUT2D eigenvalue weighted by atomic mass is 16.6. The van der Waals surface area contributed by atoms with Crippen LogP contribution in [-0.2, 0) is 28.6 Å². The molecule has 1 unspecified atom stereocenters. The zero-order chi connectivity index (χ0) is 41.5. The van der Waals surface area contributed by atoms with Gasteiger partial charge in [-0.1, -0.05) is 211 Å². The fourth-order valence-corrected chi connectivity index (χ4v) is 6.73. The molecule has 0 aromatic rings. The molecule has 0 N–H and O–H groups in total. The van der Waals surface area contributed by atoms with E-state index in [-0.39, 0.29) is 31.1 Å². The quantitative estimate of drug-likeness (QED) is 0.0265. The summed E-state index contributed by atoms with van der Waals surface area (Å²) in [6, 6.07) is 0. The molecule has 0 heterocycles. The molecule has 0 aromatic heterocycles. The minimum absolute atomic E-state index is 0.0830. The minimum Gasteiger partial charge on any atom is -0.462 e. The number of hydrogen-bond acceptors (Lipinski definition) is 6. The van der Waals surface area contributed by atoms with Gasteiger partial charge in [0.25, 0.3) is 0 Å². The summed E-state index contributed by atoms with van der Waals surface area (Å²) in [6.07, 6.45) is 53.8. The number of esters is 3. The van der Waals surface area contributed by atoms with Crippen LogP contribution < -0.4 is 0 Å². The van der Waals surface area contributed by atoms with E-state index >= 15 is 0 Å². The third kappa shape index (κ3) is 44.3. The smallest absolute Gasteiger partial charge is 0.306 e. The molecule has 0 aliphatic heterocycles. The van der Waals surface area contributed by atoms with Crippen LogP contribution >= 0.6 is 0 Å². The maximum atomic E-state index is 12.7. The van der Waals surface area contributed by atoms with E-state index in [0.29, 0.717) is 19.3 Å². The van der Waals surface area contributed by atoms with Crippen molar-refractivity contribution in [1.29, 1.82) is 0 Å². The van der Waals surface area contributed by atoms with Gasteiger partial charge in [0.15, 0.2) is 6.10 Å². The summed E-state index contributed by atoms with van der Waals surface area (Å²) in [7, 11) is 0. The Morgan fingerprint density at radius 1 is 0.368 bits per heavy atom. The number of rotatable bonds is 43. The molecule has 0 radical (unpaired) electrons. The Labute approximate surface area is 352 Å². The van der Waals surface area contributed by atoms with Gasteiger partial charge < -0.3 is 14.2 Å². The third-order valence-corrected chi connectivity index (χ3v) is 10.3. The van der Waals surface area contributed by atoms with Crippen LogP contribution in [0, 0.1) is 0 Å². The standard InChI is InChI=1S/C51H90O6/c1-4-7-10-13-16-19-22-24-25-27-29-32-35-38-41-44-50(53)56-47-48(46-55-49(52)43-40-37-34-31-28-21-18-15-12-9-6-3)57-51(54)45-42-39-36-33-30-26-23-20-17-14-11-8-5-2/h7,10,16,19,24-25,29,32,48H,4-6,8-9,11-15,17-18,20-23,26-28,30-31,33-47H2,1-3H3/b10-7-,19-16-,25-24-,32-29-. The van der Waals surface area contributed by atoms with Crippen LogP contribution in [0.3, 0.4) is 0 Å². The summed E-state index contributed by atoms with van der Waals surface area (Å²) in [4.78, 5) is 37.8. The van der Waals surface area contributed by atoms with Gasteiger partial charge in [0.1, 0.15) is 13.2 Å². The van der Waals surface area contributed by atoms with Gasteiger partial charge in [-0.3, -0.25) is 14.4 Å². The lowest BCUT2D eigenvalue weighted by Crippen LogP contribution is -2.30. The average Bonchev–Trinajstić information content (AvgIpc) is 3.21. The molecule has 0 rings (SSSR count). The Morgan fingerprint density at radius 2 is 0.684 bits per heavy atom. The number of carbonyl (C=O) groups excluding carboxylic acids is 3. The second-order valence-electron chi connectivity index (χ2n) is 16.0. The number of unbranched alkanes of at least 4 members (excludes halogenated alkanes) is 24. The molecule has 1 atom stereocenters. The zero-order valence-electron chi connectivity index (χ0n) is 37.6. The summed E-state index contributed by atoms with van der Waals surface area (Å²) >= 11 is 0. The second-order valence-corrected chi connectivity index (χ2v) is 16.0. The van der Waals surface area contributed by atoms with Crippen molar-refractivity contribution in [3.63, 3.8) is 0 Å². The highest BCUT2D eigenvalue weighted by Gasteiger charge is 2.19. The molecule has 0 saturated carbocycles. The Bertz CT molecular complexity index is 1010. The first-order valence-corrected chi connectivity index (χ1v) is 24.1. The number of ether oxygens (including phenoxy) is 3.